The van der Waals surface area contributed by atoms with Gasteiger partial charge in [-0.2, -0.15) is 0 Å². The van der Waals surface area contributed by atoms with Gasteiger partial charge in [-0.1, -0.05) is 0 Å². The number of methoxy groups -OCH3 is 1. The fourth-order valence-corrected chi connectivity index (χ4v) is 2.09. The second-order valence-corrected chi connectivity index (χ2v) is 4.70. The molecule has 2 aromatic rings. The molecule has 1 N–H and O–H groups in total. The molecule has 112 valence electrons. The van der Waals surface area contributed by atoms with E-state index in [0.29, 0.717) is 11.3 Å². The summed E-state index contributed by atoms with van der Waals surface area (Å²) in [5.41, 5.74) is 0.220. The van der Waals surface area contributed by atoms with Crippen molar-refractivity contribution >= 4 is 22.6 Å². The zero-order valence-corrected chi connectivity index (χ0v) is 12.3. The molecule has 0 saturated carbocycles. The molecule has 2 rings (SSSR count). The molecule has 0 atom stereocenters. The molecule has 0 saturated heterocycles. The molecule has 1 amide bonds. The average molecular weight is 292 g/mol. The number of amides is 1. The normalized spacial score (nSPS) is 10.9. The number of hydrogen-bond acceptors (Lipinski definition) is 5. The van der Waals surface area contributed by atoms with Crippen molar-refractivity contribution in [1.82, 2.24) is 14.1 Å². The minimum absolute atomic E-state index is 0.130. The van der Waals surface area contributed by atoms with Crippen LogP contribution in [0.3, 0.4) is 0 Å². The minimum Gasteiger partial charge on any atom is -0.375 e. The van der Waals surface area contributed by atoms with Crippen molar-refractivity contribution in [3.63, 3.8) is 0 Å². The maximum atomic E-state index is 12.3. The average Bonchev–Trinajstić information content (AvgIpc) is 2.45. The molecule has 0 bridgehead atoms. The monoisotopic (exact) mass is 292 g/mol. The van der Waals surface area contributed by atoms with Gasteiger partial charge in [0.15, 0.2) is 5.65 Å². The Morgan fingerprint density at radius 3 is 2.62 bits per heavy atom. The van der Waals surface area contributed by atoms with Crippen LogP contribution in [0.4, 0.5) is 5.69 Å². The van der Waals surface area contributed by atoms with Crippen molar-refractivity contribution in [2.24, 2.45) is 14.1 Å². The SMILES string of the molecule is COCC(=O)Nc1c(C)cnc2c1c(=O)n(C)c(=O)n2C. The number of carbonyl (C=O) groups excluding carboxylic acids is 1. The van der Waals surface area contributed by atoms with E-state index < -0.39 is 11.2 Å². The Bertz CT molecular complexity index is 835. The molecule has 2 aromatic heterocycles. The van der Waals surface area contributed by atoms with Crippen molar-refractivity contribution in [3.05, 3.63) is 32.6 Å². The summed E-state index contributed by atoms with van der Waals surface area (Å²) in [6.45, 7) is 1.59. The summed E-state index contributed by atoms with van der Waals surface area (Å²) >= 11 is 0. The summed E-state index contributed by atoms with van der Waals surface area (Å²) in [7, 11) is 4.31. The van der Waals surface area contributed by atoms with Crippen LogP contribution in [0, 0.1) is 6.92 Å². The van der Waals surface area contributed by atoms with Gasteiger partial charge in [0.25, 0.3) is 5.56 Å². The molecule has 0 aromatic carbocycles. The number of hydrogen-bond donors (Lipinski definition) is 1. The second-order valence-electron chi connectivity index (χ2n) is 4.70. The van der Waals surface area contributed by atoms with E-state index in [-0.39, 0.29) is 23.5 Å². The Labute approximate surface area is 120 Å². The molecule has 0 aliphatic heterocycles. The Kier molecular flexibility index (Phi) is 3.90. The van der Waals surface area contributed by atoms with Crippen LogP contribution in [-0.2, 0) is 23.6 Å². The van der Waals surface area contributed by atoms with Gasteiger partial charge in [-0.3, -0.25) is 18.7 Å². The van der Waals surface area contributed by atoms with Crippen molar-refractivity contribution in [2.75, 3.05) is 19.0 Å². The summed E-state index contributed by atoms with van der Waals surface area (Å²) in [5, 5.41) is 2.83. The van der Waals surface area contributed by atoms with E-state index >= 15 is 0 Å². The molecule has 0 radical (unpaired) electrons. The molecule has 21 heavy (non-hydrogen) atoms. The lowest BCUT2D eigenvalue weighted by Crippen LogP contribution is -2.38. The molecule has 0 unspecified atom stereocenters. The first-order valence-corrected chi connectivity index (χ1v) is 6.22. The number of aromatic nitrogens is 3. The van der Waals surface area contributed by atoms with Crippen LogP contribution < -0.4 is 16.6 Å². The molecule has 8 heteroatoms. The first-order chi connectivity index (χ1) is 9.88. The quantitative estimate of drug-likeness (QED) is 0.825. The molecule has 0 fully saturated rings. The maximum absolute atomic E-state index is 12.3. The first kappa shape index (κ1) is 14.9. The number of fused-ring (bicyclic) bond motifs is 1. The van der Waals surface area contributed by atoms with Gasteiger partial charge in [-0.05, 0) is 12.5 Å². The van der Waals surface area contributed by atoms with Crippen LogP contribution in [0.1, 0.15) is 5.56 Å². The highest BCUT2D eigenvalue weighted by Gasteiger charge is 2.17. The third-order valence-electron chi connectivity index (χ3n) is 3.20. The van der Waals surface area contributed by atoms with Gasteiger partial charge in [-0.15, -0.1) is 0 Å². The highest BCUT2D eigenvalue weighted by atomic mass is 16.5. The van der Waals surface area contributed by atoms with Gasteiger partial charge in [0, 0.05) is 27.4 Å². The Hall–Kier alpha value is -2.48. The van der Waals surface area contributed by atoms with Crippen molar-refractivity contribution in [1.29, 1.82) is 0 Å². The van der Waals surface area contributed by atoms with Crippen LogP contribution in [-0.4, -0.2) is 33.7 Å². The second kappa shape index (κ2) is 5.49. The lowest BCUT2D eigenvalue weighted by atomic mass is 10.2. The number of nitrogens with zero attached hydrogens (tertiary/aromatic N) is 3. The molecular formula is C13H16N4O4. The van der Waals surface area contributed by atoms with E-state index in [1.165, 1.54) is 32.0 Å². The lowest BCUT2D eigenvalue weighted by molar-refractivity contribution is -0.119. The lowest BCUT2D eigenvalue weighted by Gasteiger charge is -2.13. The summed E-state index contributed by atoms with van der Waals surface area (Å²) in [6, 6.07) is 0. The molecule has 0 spiro atoms. The highest BCUT2D eigenvalue weighted by molar-refractivity contribution is 6.01. The van der Waals surface area contributed by atoms with Gasteiger partial charge in [-0.25, -0.2) is 9.78 Å². The van der Waals surface area contributed by atoms with Gasteiger partial charge in [0.1, 0.15) is 12.0 Å². The van der Waals surface area contributed by atoms with Crippen molar-refractivity contribution < 1.29 is 9.53 Å². The van der Waals surface area contributed by atoms with Crippen molar-refractivity contribution in [3.8, 4) is 0 Å². The third kappa shape index (κ3) is 2.45. The highest BCUT2D eigenvalue weighted by Crippen LogP contribution is 2.21. The van der Waals surface area contributed by atoms with Gasteiger partial charge in [0.2, 0.25) is 5.91 Å². The zero-order chi connectivity index (χ0) is 15.7. The van der Waals surface area contributed by atoms with E-state index in [1.54, 1.807) is 6.92 Å². The largest absolute Gasteiger partial charge is 0.375 e. The number of carbonyl (C=O) groups is 1. The molecule has 2 heterocycles. The third-order valence-corrected chi connectivity index (χ3v) is 3.20. The number of rotatable bonds is 3. The predicted molar refractivity (Wildman–Crippen MR) is 77.5 cm³/mol. The van der Waals surface area contributed by atoms with E-state index in [1.807, 2.05) is 0 Å². The standard InChI is InChI=1S/C13H16N4O4/c1-7-5-14-11-9(10(7)15-8(18)6-21-4)12(19)17(3)13(20)16(11)2/h5H,6H2,1-4H3,(H,14,15,18). The Morgan fingerprint density at radius 1 is 1.33 bits per heavy atom. The molecule has 8 nitrogen and oxygen atoms in total. The number of nitrogens with one attached hydrogen (secondary N) is 1. The fraction of sp³-hybridized carbons (Fsp3) is 0.385. The van der Waals surface area contributed by atoms with Gasteiger partial charge in [0.05, 0.1) is 5.69 Å². The molecule has 0 aliphatic rings. The van der Waals surface area contributed by atoms with E-state index in [0.717, 1.165) is 4.57 Å². The fourth-order valence-electron chi connectivity index (χ4n) is 2.09. The smallest absolute Gasteiger partial charge is 0.332 e. The van der Waals surface area contributed by atoms with Crippen LogP contribution in [0.25, 0.3) is 11.0 Å². The predicted octanol–water partition coefficient (Wildman–Crippen LogP) is -0.474. The number of aryl methyl sites for hydroxylation is 2. The van der Waals surface area contributed by atoms with E-state index in [4.69, 9.17) is 4.74 Å². The Balaban J connectivity index is 2.82. The van der Waals surface area contributed by atoms with Crippen LogP contribution in [0.15, 0.2) is 15.8 Å². The molecule has 0 aliphatic carbocycles. The summed E-state index contributed by atoms with van der Waals surface area (Å²) in [6.07, 6.45) is 1.50. The molecular weight excluding hydrogens is 276 g/mol. The van der Waals surface area contributed by atoms with Crippen LogP contribution in [0.5, 0.6) is 0 Å². The summed E-state index contributed by atoms with van der Waals surface area (Å²) in [5.74, 6) is -0.385. The van der Waals surface area contributed by atoms with Gasteiger partial charge < -0.3 is 10.1 Å². The first-order valence-electron chi connectivity index (χ1n) is 6.22. The zero-order valence-electron chi connectivity index (χ0n) is 12.3. The number of ether oxygens (including phenoxy) is 1. The van der Waals surface area contributed by atoms with Crippen LogP contribution in [0.2, 0.25) is 0 Å². The maximum Gasteiger partial charge on any atom is 0.332 e. The number of anilines is 1. The summed E-state index contributed by atoms with van der Waals surface area (Å²) < 4.78 is 7.01. The van der Waals surface area contributed by atoms with Gasteiger partial charge >= 0.3 is 5.69 Å². The van der Waals surface area contributed by atoms with Crippen LogP contribution >= 0.6 is 0 Å². The van der Waals surface area contributed by atoms with E-state index in [9.17, 15) is 14.4 Å². The topological polar surface area (TPSA) is 95.2 Å². The number of pyridine rings is 1. The van der Waals surface area contributed by atoms with Crippen molar-refractivity contribution in [2.45, 2.75) is 6.92 Å². The minimum atomic E-state index is -0.503. The summed E-state index contributed by atoms with van der Waals surface area (Å²) in [4.78, 5) is 40.1. The van der Waals surface area contributed by atoms with E-state index in [2.05, 4.69) is 10.3 Å². The Morgan fingerprint density at radius 2 is 2.00 bits per heavy atom.